The Balaban J connectivity index is 2.40. The van der Waals surface area contributed by atoms with Crippen LogP contribution in [-0.4, -0.2) is 9.97 Å². The van der Waals surface area contributed by atoms with Crippen LogP contribution in [0.1, 0.15) is 46.4 Å². The Bertz CT molecular complexity index is 863. The fourth-order valence-corrected chi connectivity index (χ4v) is 2.25. The van der Waals surface area contributed by atoms with Gasteiger partial charge in [0.1, 0.15) is 5.82 Å². The lowest BCUT2D eigenvalue weighted by molar-refractivity contribution is 0.423. The van der Waals surface area contributed by atoms with Gasteiger partial charge < -0.3 is 10.5 Å². The Labute approximate surface area is 158 Å². The first-order valence-electron chi connectivity index (χ1n) is 8.98. The third-order valence-corrected chi connectivity index (χ3v) is 4.22. The van der Waals surface area contributed by atoms with E-state index in [1.165, 1.54) is 11.6 Å². The lowest BCUT2D eigenvalue weighted by Gasteiger charge is -2.10. The fraction of sp³-hybridized carbons (Fsp3) is 0.333. The molecule has 0 bridgehead atoms. The molecule has 27 heavy (non-hydrogen) atoms. The largest absolute Gasteiger partial charge is 0.436 e. The van der Waals surface area contributed by atoms with Crippen LogP contribution in [0.25, 0.3) is 5.57 Å². The molecule has 1 aromatic carbocycles. The second-order valence-corrected chi connectivity index (χ2v) is 6.48. The average Bonchev–Trinajstić information content (AvgIpc) is 2.65. The Morgan fingerprint density at radius 3 is 2.67 bits per heavy atom. The number of benzene rings is 1. The number of ether oxygens (including phenoxy) is 1. The summed E-state index contributed by atoms with van der Waals surface area (Å²) >= 11 is 0. The third kappa shape index (κ3) is 5.61. The van der Waals surface area contributed by atoms with Crippen molar-refractivity contribution in [2.45, 2.75) is 40.5 Å². The summed E-state index contributed by atoms with van der Waals surface area (Å²) in [6.45, 7) is 8.35. The zero-order chi connectivity index (χ0) is 20.0. The zero-order valence-corrected chi connectivity index (χ0v) is 16.1. The molecule has 4 nitrogen and oxygen atoms in total. The summed E-state index contributed by atoms with van der Waals surface area (Å²) in [6.07, 6.45) is 7.59. The molecule has 0 amide bonds. The molecule has 2 aromatic rings. The minimum Gasteiger partial charge on any atom is -0.436 e. The number of nitrogens with two attached hydrogens (primary N) is 1. The third-order valence-electron chi connectivity index (χ3n) is 4.22. The van der Waals surface area contributed by atoms with Crippen LogP contribution in [-0.2, 0) is 0 Å². The van der Waals surface area contributed by atoms with Gasteiger partial charge in [-0.05, 0) is 19.3 Å². The molecule has 2 rings (SSSR count). The minimum absolute atomic E-state index is 0.155. The van der Waals surface area contributed by atoms with E-state index in [4.69, 9.17) is 10.5 Å². The van der Waals surface area contributed by atoms with Crippen molar-refractivity contribution in [3.05, 3.63) is 59.6 Å². The van der Waals surface area contributed by atoms with Crippen LogP contribution in [0.4, 0.5) is 14.5 Å². The number of aromatic nitrogens is 2. The van der Waals surface area contributed by atoms with Crippen molar-refractivity contribution >= 4 is 11.3 Å². The Hall–Kier alpha value is -2.76. The highest BCUT2D eigenvalue weighted by Crippen LogP contribution is 2.28. The molecule has 0 aliphatic heterocycles. The molecule has 144 valence electrons. The van der Waals surface area contributed by atoms with Gasteiger partial charge in [-0.3, -0.25) is 0 Å². The first kappa shape index (κ1) is 20.6. The van der Waals surface area contributed by atoms with Crippen LogP contribution >= 0.6 is 0 Å². The number of anilines is 1. The van der Waals surface area contributed by atoms with E-state index >= 15 is 0 Å². The average molecular weight is 373 g/mol. The van der Waals surface area contributed by atoms with Crippen molar-refractivity contribution in [2.24, 2.45) is 5.92 Å². The molecule has 0 aliphatic carbocycles. The van der Waals surface area contributed by atoms with E-state index in [9.17, 15) is 8.78 Å². The predicted octanol–water partition coefficient (Wildman–Crippen LogP) is 5.92. The monoisotopic (exact) mass is 373 g/mol. The maximum Gasteiger partial charge on any atom is 0.222 e. The second kappa shape index (κ2) is 9.26. The molecule has 6 heteroatoms. The van der Waals surface area contributed by atoms with E-state index in [0.29, 0.717) is 17.8 Å². The van der Waals surface area contributed by atoms with Crippen molar-refractivity contribution in [1.29, 1.82) is 0 Å². The SMILES string of the molecule is CCC(C)=C/C(=C\C(C)CC)c1nccc(Oc2cc(N)c(F)cc2F)n1. The highest BCUT2D eigenvalue weighted by atomic mass is 19.1. The molecule has 0 aliphatic rings. The first-order chi connectivity index (χ1) is 12.8. The number of hydrogen-bond acceptors (Lipinski definition) is 4. The molecule has 1 unspecified atom stereocenters. The lowest BCUT2D eigenvalue weighted by atomic mass is 10.0. The van der Waals surface area contributed by atoms with E-state index < -0.39 is 11.6 Å². The smallest absolute Gasteiger partial charge is 0.222 e. The van der Waals surface area contributed by atoms with E-state index in [0.717, 1.165) is 24.5 Å². The molecule has 0 fully saturated rings. The quantitative estimate of drug-likeness (QED) is 0.484. The van der Waals surface area contributed by atoms with Crippen LogP contribution < -0.4 is 10.5 Å². The van der Waals surface area contributed by atoms with E-state index in [1.807, 2.05) is 13.0 Å². The van der Waals surface area contributed by atoms with E-state index in [2.05, 4.69) is 36.8 Å². The number of hydrogen-bond donors (Lipinski definition) is 1. The number of allylic oxidation sites excluding steroid dienone is 4. The highest BCUT2D eigenvalue weighted by molar-refractivity contribution is 5.70. The van der Waals surface area contributed by atoms with Gasteiger partial charge in [-0.25, -0.2) is 13.8 Å². The van der Waals surface area contributed by atoms with Crippen LogP contribution in [0.2, 0.25) is 0 Å². The van der Waals surface area contributed by atoms with Gasteiger partial charge in [-0.1, -0.05) is 44.9 Å². The summed E-state index contributed by atoms with van der Waals surface area (Å²) in [5.74, 6) is -0.880. The normalized spacial score (nSPS) is 13.6. The number of halogens is 2. The number of rotatable bonds is 7. The van der Waals surface area contributed by atoms with Crippen molar-refractivity contribution in [2.75, 3.05) is 5.73 Å². The highest BCUT2D eigenvalue weighted by Gasteiger charge is 2.12. The van der Waals surface area contributed by atoms with Crippen molar-refractivity contribution in [1.82, 2.24) is 9.97 Å². The second-order valence-electron chi connectivity index (χ2n) is 6.48. The summed E-state index contributed by atoms with van der Waals surface area (Å²) in [4.78, 5) is 8.72. The lowest BCUT2D eigenvalue weighted by Crippen LogP contribution is -2.00. The van der Waals surface area contributed by atoms with Crippen LogP contribution in [0.15, 0.2) is 42.1 Å². The maximum atomic E-state index is 13.9. The van der Waals surface area contributed by atoms with Crippen LogP contribution in [0, 0.1) is 17.6 Å². The molecular formula is C21H25F2N3O. The van der Waals surface area contributed by atoms with Gasteiger partial charge in [-0.15, -0.1) is 0 Å². The molecule has 0 radical (unpaired) electrons. The minimum atomic E-state index is -0.848. The Morgan fingerprint density at radius 1 is 1.26 bits per heavy atom. The molecule has 0 spiro atoms. The summed E-state index contributed by atoms with van der Waals surface area (Å²) in [7, 11) is 0. The van der Waals surface area contributed by atoms with Crippen molar-refractivity contribution in [3.63, 3.8) is 0 Å². The van der Waals surface area contributed by atoms with Gasteiger partial charge in [0.05, 0.1) is 5.69 Å². The molecular weight excluding hydrogens is 348 g/mol. The Kier molecular flexibility index (Phi) is 7.05. The molecule has 0 saturated carbocycles. The number of nitrogen functional groups attached to an aromatic ring is 1. The number of nitrogens with zero attached hydrogens (tertiary/aromatic N) is 2. The van der Waals surface area contributed by atoms with Gasteiger partial charge in [0.25, 0.3) is 0 Å². The van der Waals surface area contributed by atoms with Crippen molar-refractivity contribution in [3.8, 4) is 11.6 Å². The zero-order valence-electron chi connectivity index (χ0n) is 16.1. The van der Waals surface area contributed by atoms with E-state index in [1.54, 1.807) is 6.20 Å². The first-order valence-corrected chi connectivity index (χ1v) is 8.98. The van der Waals surface area contributed by atoms with Crippen LogP contribution in [0.5, 0.6) is 11.6 Å². The summed E-state index contributed by atoms with van der Waals surface area (Å²) in [5.41, 5.74) is 7.37. The van der Waals surface area contributed by atoms with E-state index in [-0.39, 0.29) is 17.3 Å². The maximum absolute atomic E-state index is 13.9. The van der Waals surface area contributed by atoms with Crippen LogP contribution in [0.3, 0.4) is 0 Å². The van der Waals surface area contributed by atoms with Gasteiger partial charge in [0.2, 0.25) is 5.88 Å². The fourth-order valence-electron chi connectivity index (χ4n) is 2.25. The molecule has 1 atom stereocenters. The molecule has 1 heterocycles. The van der Waals surface area contributed by atoms with Crippen molar-refractivity contribution < 1.29 is 13.5 Å². The van der Waals surface area contributed by atoms with Gasteiger partial charge in [-0.2, -0.15) is 4.98 Å². The predicted molar refractivity (Wildman–Crippen MR) is 104 cm³/mol. The van der Waals surface area contributed by atoms with Gasteiger partial charge >= 0.3 is 0 Å². The topological polar surface area (TPSA) is 61.0 Å². The van der Waals surface area contributed by atoms with Gasteiger partial charge in [0, 0.05) is 30.0 Å². The summed E-state index contributed by atoms with van der Waals surface area (Å²) in [6, 6.07) is 3.30. The summed E-state index contributed by atoms with van der Waals surface area (Å²) < 4.78 is 32.7. The Morgan fingerprint density at radius 2 is 2.00 bits per heavy atom. The summed E-state index contributed by atoms with van der Waals surface area (Å²) in [5, 5.41) is 0. The standard InChI is InChI=1S/C21H25F2N3O/c1-5-13(3)9-15(10-14(4)6-2)21-25-8-7-20(26-21)27-19-12-18(24)16(22)11-17(19)23/h7-13H,5-6,24H2,1-4H3/b14-10?,15-9+. The molecule has 1 aromatic heterocycles. The molecule has 0 saturated heterocycles. The van der Waals surface area contributed by atoms with Gasteiger partial charge in [0.15, 0.2) is 17.4 Å². The molecule has 2 N–H and O–H groups in total.